The van der Waals surface area contributed by atoms with Gasteiger partial charge in [0.25, 0.3) is 10.1 Å². The summed E-state index contributed by atoms with van der Waals surface area (Å²) in [6.45, 7) is 3.92. The van der Waals surface area contributed by atoms with Gasteiger partial charge in [0.2, 0.25) is 0 Å². The van der Waals surface area contributed by atoms with Crippen molar-refractivity contribution < 1.29 is 13.0 Å². The Morgan fingerprint density at radius 3 is 2.63 bits per heavy atom. The van der Waals surface area contributed by atoms with E-state index in [4.69, 9.17) is 0 Å². The number of aryl methyl sites for hydroxylation is 1. The van der Waals surface area contributed by atoms with Gasteiger partial charge in [-0.3, -0.25) is 4.55 Å². The minimum absolute atomic E-state index is 0.173. The largest absolute Gasteiger partial charge is 0.285 e. The van der Waals surface area contributed by atoms with Gasteiger partial charge in [-0.25, -0.2) is 0 Å². The molecule has 1 aromatic carbocycles. The number of nitriles is 1. The first-order valence-electron chi connectivity index (χ1n) is 6.24. The van der Waals surface area contributed by atoms with Crippen molar-refractivity contribution in [2.45, 2.75) is 43.8 Å². The Labute approximate surface area is 113 Å². The van der Waals surface area contributed by atoms with Crippen molar-refractivity contribution in [1.82, 2.24) is 0 Å². The fraction of sp³-hybridized carbons (Fsp3) is 0.500. The third kappa shape index (κ3) is 2.38. The Morgan fingerprint density at radius 2 is 2.11 bits per heavy atom. The SMILES string of the molecule is Cc1cccc(C2(C#N)CCC(S(=O)(=O)O)C2)c1C. The Bertz CT molecular complexity index is 645. The predicted octanol–water partition coefficient (Wildman–Crippen LogP) is 2.51. The molecule has 1 saturated carbocycles. The molecule has 1 aliphatic carbocycles. The van der Waals surface area contributed by atoms with E-state index in [9.17, 15) is 18.2 Å². The van der Waals surface area contributed by atoms with E-state index in [1.54, 1.807) is 0 Å². The smallest absolute Gasteiger partial charge is 0.267 e. The lowest BCUT2D eigenvalue weighted by atomic mass is 9.77. The number of rotatable bonds is 2. The van der Waals surface area contributed by atoms with Crippen molar-refractivity contribution in [2.24, 2.45) is 0 Å². The predicted molar refractivity (Wildman–Crippen MR) is 72.4 cm³/mol. The molecule has 0 aliphatic heterocycles. The van der Waals surface area contributed by atoms with E-state index in [1.807, 2.05) is 32.0 Å². The van der Waals surface area contributed by atoms with Crippen LogP contribution in [0.5, 0.6) is 0 Å². The van der Waals surface area contributed by atoms with Crippen LogP contribution in [0.2, 0.25) is 0 Å². The molecule has 1 fully saturated rings. The van der Waals surface area contributed by atoms with E-state index >= 15 is 0 Å². The van der Waals surface area contributed by atoms with Crippen LogP contribution in [-0.2, 0) is 15.5 Å². The van der Waals surface area contributed by atoms with Crippen LogP contribution in [0.3, 0.4) is 0 Å². The van der Waals surface area contributed by atoms with Crippen molar-refractivity contribution in [1.29, 1.82) is 5.26 Å². The van der Waals surface area contributed by atoms with Gasteiger partial charge >= 0.3 is 0 Å². The second-order valence-corrected chi connectivity index (χ2v) is 7.02. The highest BCUT2D eigenvalue weighted by molar-refractivity contribution is 7.86. The molecule has 0 aromatic heterocycles. The molecule has 1 aliphatic rings. The highest BCUT2D eigenvalue weighted by Crippen LogP contribution is 2.44. The fourth-order valence-corrected chi connectivity index (χ4v) is 3.84. The fourth-order valence-electron chi connectivity index (χ4n) is 2.93. The molecule has 0 amide bonds. The molecule has 2 atom stereocenters. The molecule has 2 rings (SSSR count). The quantitative estimate of drug-likeness (QED) is 0.844. The average Bonchev–Trinajstić information content (AvgIpc) is 2.78. The van der Waals surface area contributed by atoms with Gasteiger partial charge in [-0.1, -0.05) is 18.2 Å². The van der Waals surface area contributed by atoms with Gasteiger partial charge < -0.3 is 0 Å². The van der Waals surface area contributed by atoms with Gasteiger partial charge in [0.1, 0.15) is 0 Å². The zero-order chi connectivity index (χ0) is 14.3. The zero-order valence-corrected chi connectivity index (χ0v) is 11.9. The molecule has 1 N–H and O–H groups in total. The van der Waals surface area contributed by atoms with Crippen LogP contribution in [-0.4, -0.2) is 18.2 Å². The van der Waals surface area contributed by atoms with Gasteiger partial charge in [-0.15, -0.1) is 0 Å². The standard InChI is InChI=1S/C14H17NO3S/c1-10-4-3-5-13(11(10)2)14(9-15)7-6-12(8-14)19(16,17)18/h3-5,12H,6-8H2,1-2H3,(H,16,17,18). The van der Waals surface area contributed by atoms with E-state index in [0.717, 1.165) is 16.7 Å². The molecule has 4 nitrogen and oxygen atoms in total. The summed E-state index contributed by atoms with van der Waals surface area (Å²) in [5.74, 6) is 0. The summed E-state index contributed by atoms with van der Waals surface area (Å²) in [5, 5.41) is 8.72. The lowest BCUT2D eigenvalue weighted by Gasteiger charge is -2.24. The molecule has 2 unspecified atom stereocenters. The summed E-state index contributed by atoms with van der Waals surface area (Å²) in [4.78, 5) is 0. The van der Waals surface area contributed by atoms with E-state index in [0.29, 0.717) is 12.8 Å². The van der Waals surface area contributed by atoms with Crippen LogP contribution in [0.1, 0.15) is 36.0 Å². The molecular weight excluding hydrogens is 262 g/mol. The van der Waals surface area contributed by atoms with Gasteiger partial charge in [0.15, 0.2) is 0 Å². The van der Waals surface area contributed by atoms with Crippen molar-refractivity contribution in [3.05, 3.63) is 34.9 Å². The monoisotopic (exact) mass is 279 g/mol. The third-order valence-corrected chi connectivity index (χ3v) is 5.47. The third-order valence-electron chi connectivity index (χ3n) is 4.22. The van der Waals surface area contributed by atoms with Crippen LogP contribution < -0.4 is 0 Å². The van der Waals surface area contributed by atoms with Crippen molar-refractivity contribution in [2.75, 3.05) is 0 Å². The molecule has 19 heavy (non-hydrogen) atoms. The molecule has 5 heteroatoms. The van der Waals surface area contributed by atoms with E-state index in [1.165, 1.54) is 0 Å². The van der Waals surface area contributed by atoms with Gasteiger partial charge in [0.05, 0.1) is 16.7 Å². The lowest BCUT2D eigenvalue weighted by molar-refractivity contribution is 0.463. The molecule has 0 heterocycles. The average molecular weight is 279 g/mol. The number of benzene rings is 1. The number of hydrogen-bond acceptors (Lipinski definition) is 3. The molecule has 0 bridgehead atoms. The highest BCUT2D eigenvalue weighted by atomic mass is 32.2. The van der Waals surface area contributed by atoms with Crippen LogP contribution in [0.25, 0.3) is 0 Å². The van der Waals surface area contributed by atoms with Crippen LogP contribution in [0.15, 0.2) is 18.2 Å². The summed E-state index contributed by atoms with van der Waals surface area (Å²) >= 11 is 0. The molecule has 0 radical (unpaired) electrons. The summed E-state index contributed by atoms with van der Waals surface area (Å²) < 4.78 is 31.7. The number of nitrogens with zero attached hydrogens (tertiary/aromatic N) is 1. The highest BCUT2D eigenvalue weighted by Gasteiger charge is 2.46. The minimum atomic E-state index is -4.07. The summed E-state index contributed by atoms with van der Waals surface area (Å²) in [6, 6.07) is 8.03. The Kier molecular flexibility index (Phi) is 3.41. The lowest BCUT2D eigenvalue weighted by Crippen LogP contribution is -2.25. The summed E-state index contributed by atoms with van der Waals surface area (Å²) in [7, 11) is -4.07. The van der Waals surface area contributed by atoms with E-state index < -0.39 is 20.8 Å². The second-order valence-electron chi connectivity index (χ2n) is 5.32. The molecule has 0 spiro atoms. The van der Waals surface area contributed by atoms with Crippen molar-refractivity contribution in [3.8, 4) is 6.07 Å². The first kappa shape index (κ1) is 14.0. The van der Waals surface area contributed by atoms with E-state index in [2.05, 4.69) is 6.07 Å². The van der Waals surface area contributed by atoms with Crippen LogP contribution >= 0.6 is 0 Å². The van der Waals surface area contributed by atoms with Gasteiger partial charge in [-0.05, 0) is 49.8 Å². The second kappa shape index (κ2) is 4.62. The maximum atomic E-state index is 11.3. The summed E-state index contributed by atoms with van der Waals surface area (Å²) in [6.07, 6.45) is 0.977. The van der Waals surface area contributed by atoms with Crippen molar-refractivity contribution >= 4 is 10.1 Å². The Morgan fingerprint density at radius 1 is 1.42 bits per heavy atom. The summed E-state index contributed by atoms with van der Waals surface area (Å²) in [5.41, 5.74) is 2.21. The molecule has 1 aromatic rings. The normalized spacial score (nSPS) is 27.2. The molecule has 102 valence electrons. The van der Waals surface area contributed by atoms with Gasteiger partial charge in [-0.2, -0.15) is 13.7 Å². The maximum absolute atomic E-state index is 11.3. The Hall–Kier alpha value is -1.38. The zero-order valence-electron chi connectivity index (χ0n) is 11.0. The maximum Gasteiger partial charge on any atom is 0.267 e. The van der Waals surface area contributed by atoms with E-state index in [-0.39, 0.29) is 6.42 Å². The topological polar surface area (TPSA) is 78.2 Å². The first-order chi connectivity index (χ1) is 8.80. The van der Waals surface area contributed by atoms with Crippen LogP contribution in [0, 0.1) is 25.2 Å². The van der Waals surface area contributed by atoms with Crippen LogP contribution in [0.4, 0.5) is 0 Å². The number of hydrogen-bond donors (Lipinski definition) is 1. The Balaban J connectivity index is 2.47. The van der Waals surface area contributed by atoms with Gasteiger partial charge in [0, 0.05) is 0 Å². The van der Waals surface area contributed by atoms with Crippen molar-refractivity contribution in [3.63, 3.8) is 0 Å². The molecular formula is C14H17NO3S. The minimum Gasteiger partial charge on any atom is -0.285 e. The molecule has 0 saturated heterocycles. The first-order valence-corrected chi connectivity index (χ1v) is 7.75.